The molecule has 0 saturated heterocycles. The number of hydrogen-bond donors (Lipinski definition) is 0. The van der Waals surface area contributed by atoms with Crippen LogP contribution in [-0.4, -0.2) is 19.3 Å². The van der Waals surface area contributed by atoms with Crippen LogP contribution in [0.1, 0.15) is 18.4 Å². The Morgan fingerprint density at radius 1 is 1.30 bits per heavy atom. The Labute approximate surface area is 120 Å². The van der Waals surface area contributed by atoms with Gasteiger partial charge in [-0.15, -0.1) is 11.6 Å². The monoisotopic (exact) mass is 292 g/mol. The molecule has 3 aromatic rings. The van der Waals surface area contributed by atoms with E-state index in [-0.39, 0.29) is 11.7 Å². The third-order valence-electron chi connectivity index (χ3n) is 3.29. The highest BCUT2D eigenvalue weighted by atomic mass is 35.5. The van der Waals surface area contributed by atoms with Crippen LogP contribution in [0.3, 0.4) is 0 Å². The van der Waals surface area contributed by atoms with E-state index in [1.807, 2.05) is 18.5 Å². The van der Waals surface area contributed by atoms with Crippen LogP contribution < -0.4 is 0 Å². The van der Waals surface area contributed by atoms with Crippen LogP contribution in [0, 0.1) is 12.7 Å². The molecule has 2 aromatic heterocycles. The lowest BCUT2D eigenvalue weighted by Gasteiger charge is -2.10. The van der Waals surface area contributed by atoms with Crippen molar-refractivity contribution in [1.29, 1.82) is 0 Å². The fourth-order valence-corrected chi connectivity index (χ4v) is 2.59. The largest absolute Gasteiger partial charge is 0.277 e. The Bertz CT molecular complexity index is 775. The molecule has 2 heterocycles. The van der Waals surface area contributed by atoms with Crippen molar-refractivity contribution in [3.8, 4) is 5.69 Å². The highest BCUT2D eigenvalue weighted by molar-refractivity contribution is 6.17. The Hall–Kier alpha value is -1.88. The van der Waals surface area contributed by atoms with Crippen LogP contribution in [0.25, 0.3) is 16.9 Å². The van der Waals surface area contributed by atoms with E-state index < -0.39 is 0 Å². The predicted octanol–water partition coefficient (Wildman–Crippen LogP) is 3.43. The zero-order valence-corrected chi connectivity index (χ0v) is 12.0. The molecule has 104 valence electrons. The predicted molar refractivity (Wildman–Crippen MR) is 76.8 cm³/mol. The maximum atomic E-state index is 14.1. The summed E-state index contributed by atoms with van der Waals surface area (Å²) in [6, 6.07) is 6.60. The van der Waals surface area contributed by atoms with E-state index >= 15 is 0 Å². The summed E-state index contributed by atoms with van der Waals surface area (Å²) in [4.78, 5) is 4.50. The van der Waals surface area contributed by atoms with Gasteiger partial charge in [0.2, 0.25) is 0 Å². The van der Waals surface area contributed by atoms with Crippen molar-refractivity contribution in [3.63, 3.8) is 0 Å². The van der Waals surface area contributed by atoms with Gasteiger partial charge in [-0.1, -0.05) is 12.1 Å². The number of aromatic nitrogens is 4. The van der Waals surface area contributed by atoms with Gasteiger partial charge < -0.3 is 0 Å². The van der Waals surface area contributed by atoms with Crippen LogP contribution in [0.4, 0.5) is 4.39 Å². The zero-order valence-electron chi connectivity index (χ0n) is 11.3. The summed E-state index contributed by atoms with van der Waals surface area (Å²) in [5, 5.41) is 4.43. The average Bonchev–Trinajstić information content (AvgIpc) is 2.97. The molecule has 0 aliphatic heterocycles. The number of benzene rings is 1. The van der Waals surface area contributed by atoms with Crippen molar-refractivity contribution in [2.24, 2.45) is 0 Å². The summed E-state index contributed by atoms with van der Waals surface area (Å²) in [5.74, 6) is 0.528. The molecular weight excluding hydrogens is 279 g/mol. The van der Waals surface area contributed by atoms with Gasteiger partial charge in [-0.05, 0) is 26.0 Å². The number of hydrogen-bond acceptors (Lipinski definition) is 2. The quantitative estimate of drug-likeness (QED) is 0.693. The average molecular weight is 293 g/mol. The topological polar surface area (TPSA) is 35.6 Å². The summed E-state index contributed by atoms with van der Waals surface area (Å²) in [6.07, 6.45) is 0. The number of imidazole rings is 1. The summed E-state index contributed by atoms with van der Waals surface area (Å²) < 4.78 is 17.7. The molecule has 0 radical (unpaired) electrons. The van der Waals surface area contributed by atoms with Crippen molar-refractivity contribution in [3.05, 3.63) is 41.6 Å². The maximum absolute atomic E-state index is 14.1. The summed E-state index contributed by atoms with van der Waals surface area (Å²) >= 11 is 5.98. The van der Waals surface area contributed by atoms with Crippen molar-refractivity contribution in [2.45, 2.75) is 26.3 Å². The SMILES string of the molecule is CCn1nc(C)c2nc(CCl)n(-c3ccccc3F)c21. The second kappa shape index (κ2) is 4.90. The third kappa shape index (κ3) is 1.81. The second-order valence-electron chi connectivity index (χ2n) is 4.52. The standard InChI is InChI=1S/C14H14ClFN4/c1-3-19-14-13(9(2)18-19)17-12(8-15)20(14)11-7-5-4-6-10(11)16/h4-7H,3,8H2,1-2H3. The summed E-state index contributed by atoms with van der Waals surface area (Å²) in [7, 11) is 0. The van der Waals surface area contributed by atoms with Gasteiger partial charge in [0.25, 0.3) is 0 Å². The third-order valence-corrected chi connectivity index (χ3v) is 3.53. The minimum Gasteiger partial charge on any atom is -0.277 e. The zero-order chi connectivity index (χ0) is 14.3. The first-order valence-electron chi connectivity index (χ1n) is 6.43. The van der Waals surface area contributed by atoms with Crippen molar-refractivity contribution in [1.82, 2.24) is 19.3 Å². The van der Waals surface area contributed by atoms with E-state index in [2.05, 4.69) is 10.1 Å². The van der Waals surface area contributed by atoms with Gasteiger partial charge in [-0.3, -0.25) is 4.57 Å². The molecule has 0 fully saturated rings. The Morgan fingerprint density at radius 2 is 2.05 bits per heavy atom. The smallest absolute Gasteiger partial charge is 0.163 e. The van der Waals surface area contributed by atoms with Gasteiger partial charge in [-0.2, -0.15) is 5.10 Å². The van der Waals surface area contributed by atoms with Gasteiger partial charge in [-0.25, -0.2) is 14.1 Å². The van der Waals surface area contributed by atoms with Gasteiger partial charge in [0, 0.05) is 6.54 Å². The molecule has 0 amide bonds. The lowest BCUT2D eigenvalue weighted by molar-refractivity contribution is 0.611. The Kier molecular flexibility index (Phi) is 3.22. The van der Waals surface area contributed by atoms with E-state index in [9.17, 15) is 4.39 Å². The number of para-hydroxylation sites is 1. The molecule has 1 aromatic carbocycles. The number of alkyl halides is 1. The molecule has 3 rings (SSSR count). The number of halogens is 2. The normalized spacial score (nSPS) is 11.4. The number of fused-ring (bicyclic) bond motifs is 1. The minimum absolute atomic E-state index is 0.214. The molecule has 4 nitrogen and oxygen atoms in total. The summed E-state index contributed by atoms with van der Waals surface area (Å²) in [6.45, 7) is 4.57. The van der Waals surface area contributed by atoms with E-state index in [1.165, 1.54) is 6.07 Å². The molecule has 0 bridgehead atoms. The number of rotatable bonds is 3. The van der Waals surface area contributed by atoms with Crippen molar-refractivity contribution >= 4 is 22.8 Å². The molecule has 0 atom stereocenters. The Morgan fingerprint density at radius 3 is 2.70 bits per heavy atom. The van der Waals surface area contributed by atoms with Crippen LogP contribution in [-0.2, 0) is 12.4 Å². The minimum atomic E-state index is -0.306. The van der Waals surface area contributed by atoms with Gasteiger partial charge in [0.15, 0.2) is 5.65 Å². The second-order valence-corrected chi connectivity index (χ2v) is 4.79. The molecule has 0 unspecified atom stereocenters. The highest BCUT2D eigenvalue weighted by Gasteiger charge is 2.20. The molecule has 0 saturated carbocycles. The first kappa shape index (κ1) is 13.1. The first-order valence-corrected chi connectivity index (χ1v) is 6.96. The molecule has 0 spiro atoms. The molecule has 0 aliphatic rings. The highest BCUT2D eigenvalue weighted by Crippen LogP contribution is 2.26. The van der Waals surface area contributed by atoms with E-state index in [0.717, 1.165) is 16.9 Å². The van der Waals surface area contributed by atoms with Crippen molar-refractivity contribution in [2.75, 3.05) is 0 Å². The molecule has 0 N–H and O–H groups in total. The molecule has 0 aliphatic carbocycles. The van der Waals surface area contributed by atoms with Crippen LogP contribution in [0.2, 0.25) is 0 Å². The van der Waals surface area contributed by atoms with Gasteiger partial charge >= 0.3 is 0 Å². The van der Waals surface area contributed by atoms with Crippen molar-refractivity contribution < 1.29 is 4.39 Å². The van der Waals surface area contributed by atoms with E-state index in [1.54, 1.807) is 22.8 Å². The van der Waals surface area contributed by atoms with E-state index in [4.69, 9.17) is 11.6 Å². The van der Waals surface area contributed by atoms with Crippen LogP contribution in [0.15, 0.2) is 24.3 Å². The number of nitrogens with zero attached hydrogens (tertiary/aromatic N) is 4. The molecule has 6 heteroatoms. The van der Waals surface area contributed by atoms with Crippen LogP contribution >= 0.6 is 11.6 Å². The summed E-state index contributed by atoms with van der Waals surface area (Å²) in [5.41, 5.74) is 2.82. The lowest BCUT2D eigenvalue weighted by atomic mass is 10.3. The first-order chi connectivity index (χ1) is 9.67. The Balaban J connectivity index is 2.41. The van der Waals surface area contributed by atoms with Gasteiger partial charge in [0.1, 0.15) is 17.2 Å². The number of aryl methyl sites for hydroxylation is 2. The van der Waals surface area contributed by atoms with Crippen LogP contribution in [0.5, 0.6) is 0 Å². The molecule has 20 heavy (non-hydrogen) atoms. The fraction of sp³-hybridized carbons (Fsp3) is 0.286. The maximum Gasteiger partial charge on any atom is 0.163 e. The molecular formula is C14H14ClFN4. The lowest BCUT2D eigenvalue weighted by Crippen LogP contribution is -2.07. The van der Waals surface area contributed by atoms with E-state index in [0.29, 0.717) is 18.1 Å². The van der Waals surface area contributed by atoms with Gasteiger partial charge in [0.05, 0.1) is 17.3 Å². The fourth-order valence-electron chi connectivity index (χ4n) is 2.41.